The minimum atomic E-state index is -7.87. The average molecular weight is 481 g/mol. The third kappa shape index (κ3) is 5.35. The maximum Gasteiger partial charge on any atom is 0.460 e. The molecule has 0 bridgehead atoms. The van der Waals surface area contributed by atoms with E-state index in [9.17, 15) is 57.1 Å². The Kier molecular flexibility index (Phi) is 8.29. The van der Waals surface area contributed by atoms with Crippen molar-refractivity contribution < 1.29 is 62.3 Å². The van der Waals surface area contributed by atoms with Crippen LogP contribution < -0.4 is 5.48 Å². The second-order valence-electron chi connectivity index (χ2n) is 6.80. The molecular formula is C13H16F13NOS. The summed E-state index contributed by atoms with van der Waals surface area (Å²) in [5.41, 5.74) is 0.909. The van der Waals surface area contributed by atoms with Crippen LogP contribution in [0, 0.1) is 5.41 Å². The van der Waals surface area contributed by atoms with Crippen molar-refractivity contribution in [3.63, 3.8) is 0 Å². The first-order valence-electron chi connectivity index (χ1n) is 7.42. The van der Waals surface area contributed by atoms with Gasteiger partial charge in [0.05, 0.1) is 0 Å². The van der Waals surface area contributed by atoms with E-state index in [2.05, 4.69) is 0 Å². The zero-order valence-electron chi connectivity index (χ0n) is 14.6. The Morgan fingerprint density at radius 3 is 1.48 bits per heavy atom. The van der Waals surface area contributed by atoms with Crippen LogP contribution in [0.1, 0.15) is 20.3 Å². The molecule has 0 rings (SSSR count). The van der Waals surface area contributed by atoms with Gasteiger partial charge in [-0.3, -0.25) is 0 Å². The van der Waals surface area contributed by atoms with Crippen molar-refractivity contribution in [1.82, 2.24) is 5.48 Å². The van der Waals surface area contributed by atoms with Crippen LogP contribution in [0.4, 0.5) is 57.1 Å². The number of thioether (sulfide) groups is 1. The number of rotatable bonds is 11. The molecule has 0 saturated carbocycles. The van der Waals surface area contributed by atoms with Gasteiger partial charge in [-0.15, -0.1) is 0 Å². The molecule has 29 heavy (non-hydrogen) atoms. The summed E-state index contributed by atoms with van der Waals surface area (Å²) in [5.74, 6) is -37.8. The molecule has 0 fully saturated rings. The van der Waals surface area contributed by atoms with Crippen LogP contribution in [0.25, 0.3) is 0 Å². The van der Waals surface area contributed by atoms with Crippen molar-refractivity contribution in [2.45, 2.75) is 56.1 Å². The van der Waals surface area contributed by atoms with Crippen molar-refractivity contribution in [1.29, 1.82) is 0 Å². The lowest BCUT2D eigenvalue weighted by atomic mass is 9.93. The van der Waals surface area contributed by atoms with Gasteiger partial charge in [0.1, 0.15) is 0 Å². The zero-order valence-corrected chi connectivity index (χ0v) is 15.4. The summed E-state index contributed by atoms with van der Waals surface area (Å²) in [5, 5.41) is 8.51. The highest BCUT2D eigenvalue weighted by Gasteiger charge is 2.90. The first kappa shape index (κ1) is 28.4. The zero-order chi connectivity index (χ0) is 23.7. The number of nitrogens with one attached hydrogen (secondary N) is 1. The van der Waals surface area contributed by atoms with Crippen LogP contribution in [0.3, 0.4) is 0 Å². The largest absolute Gasteiger partial charge is 0.460 e. The van der Waals surface area contributed by atoms with E-state index in [0.717, 1.165) is 0 Å². The molecule has 0 aromatic rings. The number of halogens is 13. The van der Waals surface area contributed by atoms with Crippen molar-refractivity contribution in [3.05, 3.63) is 0 Å². The fourth-order valence-electron chi connectivity index (χ4n) is 1.77. The van der Waals surface area contributed by atoms with Crippen LogP contribution in [0.2, 0.25) is 0 Å². The topological polar surface area (TPSA) is 32.3 Å². The number of alkyl halides is 13. The van der Waals surface area contributed by atoms with E-state index in [-0.39, 0.29) is 12.3 Å². The average Bonchev–Trinajstić information content (AvgIpc) is 2.49. The molecule has 0 aliphatic heterocycles. The van der Waals surface area contributed by atoms with E-state index in [1.807, 2.05) is 0 Å². The summed E-state index contributed by atoms with van der Waals surface area (Å²) in [6, 6.07) is 0. The van der Waals surface area contributed by atoms with Crippen LogP contribution >= 0.6 is 11.8 Å². The predicted octanol–water partition coefficient (Wildman–Crippen LogP) is 5.85. The lowest BCUT2D eigenvalue weighted by molar-refractivity contribution is -0.439. The molecular weight excluding hydrogens is 465 g/mol. The molecule has 0 spiro atoms. The number of hydrogen-bond donors (Lipinski definition) is 2. The predicted molar refractivity (Wildman–Crippen MR) is 76.3 cm³/mol. The Morgan fingerprint density at radius 1 is 0.690 bits per heavy atom. The number of hydroxylamine groups is 1. The van der Waals surface area contributed by atoms with E-state index in [4.69, 9.17) is 5.21 Å². The van der Waals surface area contributed by atoms with Gasteiger partial charge in [-0.2, -0.15) is 68.8 Å². The highest BCUT2D eigenvalue weighted by Crippen LogP contribution is 2.60. The number of hydrogen-bond acceptors (Lipinski definition) is 3. The van der Waals surface area contributed by atoms with Gasteiger partial charge in [0.2, 0.25) is 0 Å². The highest BCUT2D eigenvalue weighted by atomic mass is 32.2. The van der Waals surface area contributed by atoms with E-state index in [0.29, 0.717) is 11.8 Å². The molecule has 0 radical (unpaired) electrons. The standard InChI is InChI=1S/C13H16F13NOS/c1-7(2,5-27-28)6-29-4-3-8(14,15)9(16,17)10(18,19)11(20,21)12(22,23)13(24,25)26/h27-28H,3-6H2,1-2H3. The molecule has 0 aromatic carbocycles. The summed E-state index contributed by atoms with van der Waals surface area (Å²) >= 11 is 0.446. The molecule has 0 amide bonds. The Hall–Kier alpha value is -0.640. The highest BCUT2D eigenvalue weighted by molar-refractivity contribution is 7.99. The lowest BCUT2D eigenvalue weighted by Gasteiger charge is -2.39. The van der Waals surface area contributed by atoms with Crippen LogP contribution in [-0.2, 0) is 0 Å². The summed E-state index contributed by atoms with van der Waals surface area (Å²) < 4.78 is 168. The van der Waals surface area contributed by atoms with E-state index < -0.39 is 53.4 Å². The van der Waals surface area contributed by atoms with E-state index >= 15 is 0 Å². The lowest BCUT2D eigenvalue weighted by Crippen LogP contribution is -2.70. The maximum absolute atomic E-state index is 13.5. The maximum atomic E-state index is 13.5. The van der Waals surface area contributed by atoms with Gasteiger partial charge in [-0.25, -0.2) is 5.48 Å². The van der Waals surface area contributed by atoms with E-state index in [1.54, 1.807) is 5.48 Å². The second kappa shape index (κ2) is 8.48. The fourth-order valence-corrected chi connectivity index (χ4v) is 2.97. The van der Waals surface area contributed by atoms with Gasteiger partial charge in [-0.1, -0.05) is 13.8 Å². The normalized spacial score (nSPS) is 15.7. The van der Waals surface area contributed by atoms with Crippen molar-refractivity contribution in [2.75, 3.05) is 18.1 Å². The molecule has 0 heterocycles. The van der Waals surface area contributed by atoms with E-state index in [1.165, 1.54) is 13.8 Å². The smallest absolute Gasteiger partial charge is 0.317 e. The monoisotopic (exact) mass is 481 g/mol. The molecule has 176 valence electrons. The van der Waals surface area contributed by atoms with Crippen LogP contribution in [0.15, 0.2) is 0 Å². The molecule has 0 aromatic heterocycles. The fraction of sp³-hybridized carbons (Fsp3) is 1.00. The first-order chi connectivity index (χ1) is 12.5. The Bertz CT molecular complexity index is 547. The quantitative estimate of drug-likeness (QED) is 0.221. The summed E-state index contributed by atoms with van der Waals surface area (Å²) in [6.07, 6.45) is -9.63. The van der Waals surface area contributed by atoms with Crippen molar-refractivity contribution in [2.24, 2.45) is 5.41 Å². The SMILES string of the molecule is CC(C)(CNO)CSCCC(F)(F)C(F)(F)C(F)(F)C(F)(F)C(F)(F)C(F)(F)F. The second-order valence-corrected chi connectivity index (χ2v) is 7.91. The van der Waals surface area contributed by atoms with Crippen molar-refractivity contribution in [3.8, 4) is 0 Å². The van der Waals surface area contributed by atoms with Gasteiger partial charge in [0.15, 0.2) is 0 Å². The molecule has 2 N–H and O–H groups in total. The Balaban J connectivity index is 5.55. The summed E-state index contributed by atoms with van der Waals surface area (Å²) in [7, 11) is 0. The summed E-state index contributed by atoms with van der Waals surface area (Å²) in [6.45, 7) is 2.82. The van der Waals surface area contributed by atoms with Gasteiger partial charge < -0.3 is 5.21 Å². The van der Waals surface area contributed by atoms with Gasteiger partial charge >= 0.3 is 35.8 Å². The molecule has 0 unspecified atom stereocenters. The molecule has 0 aliphatic rings. The summed E-state index contributed by atoms with van der Waals surface area (Å²) in [4.78, 5) is 0. The molecule has 0 aliphatic carbocycles. The minimum Gasteiger partial charge on any atom is -0.317 e. The molecule has 16 heteroatoms. The third-order valence-electron chi connectivity index (χ3n) is 3.61. The molecule has 2 nitrogen and oxygen atoms in total. The van der Waals surface area contributed by atoms with Crippen LogP contribution in [0.5, 0.6) is 0 Å². The van der Waals surface area contributed by atoms with Crippen molar-refractivity contribution >= 4 is 11.8 Å². The minimum absolute atomic E-state index is 0.108. The molecule has 0 atom stereocenters. The first-order valence-corrected chi connectivity index (χ1v) is 8.58. The Labute approximate surface area is 160 Å². The van der Waals surface area contributed by atoms with Crippen LogP contribution in [-0.4, -0.2) is 59.0 Å². The van der Waals surface area contributed by atoms with Gasteiger partial charge in [0.25, 0.3) is 0 Å². The molecule has 0 saturated heterocycles. The van der Waals surface area contributed by atoms with Gasteiger partial charge in [-0.05, 0) is 16.9 Å². The van der Waals surface area contributed by atoms with Gasteiger partial charge in [0, 0.05) is 13.0 Å². The Morgan fingerprint density at radius 2 is 1.10 bits per heavy atom. The third-order valence-corrected chi connectivity index (χ3v) is 5.09.